The summed E-state index contributed by atoms with van der Waals surface area (Å²) in [5.41, 5.74) is 0. The minimum Gasteiger partial charge on any atom is -0.317 e. The van der Waals surface area contributed by atoms with Crippen molar-refractivity contribution in [2.75, 3.05) is 0 Å². The van der Waals surface area contributed by atoms with Gasteiger partial charge in [0.2, 0.25) is 0 Å². The molecule has 0 unspecified atom stereocenters. The number of aromatic nitrogens is 3. The quantitative estimate of drug-likeness (QED) is 0.919. The molecule has 3 atom stereocenters. The molecular weight excluding hydrogens is 248 g/mol. The Hall–Kier alpha value is -0.900. The van der Waals surface area contributed by atoms with Crippen LogP contribution in [0.25, 0.3) is 0 Å². The van der Waals surface area contributed by atoms with Crippen molar-refractivity contribution >= 4 is 0 Å². The van der Waals surface area contributed by atoms with Crippen LogP contribution in [-0.2, 0) is 13.6 Å². The molecule has 4 heteroatoms. The molecule has 0 aromatic carbocycles. The SMILES string of the molecule is C[C@@H]1CC[C@@H](NCc2nnc(C3CCC3)n2C)[C@@H](C)C1. The van der Waals surface area contributed by atoms with E-state index in [1.165, 1.54) is 44.3 Å². The van der Waals surface area contributed by atoms with Crippen molar-refractivity contribution in [3.63, 3.8) is 0 Å². The Kier molecular flexibility index (Phi) is 4.11. The van der Waals surface area contributed by atoms with Gasteiger partial charge in [-0.25, -0.2) is 0 Å². The van der Waals surface area contributed by atoms with Crippen LogP contribution in [-0.4, -0.2) is 20.8 Å². The van der Waals surface area contributed by atoms with Crippen molar-refractivity contribution in [2.24, 2.45) is 18.9 Å². The summed E-state index contributed by atoms with van der Waals surface area (Å²) in [5, 5.41) is 12.5. The molecular formula is C16H28N4. The Morgan fingerprint density at radius 1 is 1.15 bits per heavy atom. The minimum absolute atomic E-state index is 0.648. The Labute approximate surface area is 122 Å². The molecule has 2 aliphatic carbocycles. The van der Waals surface area contributed by atoms with Crippen molar-refractivity contribution in [3.05, 3.63) is 11.6 Å². The van der Waals surface area contributed by atoms with Crippen LogP contribution >= 0.6 is 0 Å². The van der Waals surface area contributed by atoms with E-state index in [4.69, 9.17) is 0 Å². The maximum Gasteiger partial charge on any atom is 0.146 e. The van der Waals surface area contributed by atoms with E-state index in [0.717, 1.165) is 24.2 Å². The molecule has 0 saturated heterocycles. The van der Waals surface area contributed by atoms with Crippen LogP contribution in [0.2, 0.25) is 0 Å². The summed E-state index contributed by atoms with van der Waals surface area (Å²) in [5.74, 6) is 4.62. The van der Waals surface area contributed by atoms with E-state index in [0.29, 0.717) is 12.0 Å². The monoisotopic (exact) mass is 276 g/mol. The first-order chi connectivity index (χ1) is 9.65. The largest absolute Gasteiger partial charge is 0.317 e. The van der Waals surface area contributed by atoms with Gasteiger partial charge in [-0.05, 0) is 43.9 Å². The third kappa shape index (κ3) is 2.76. The van der Waals surface area contributed by atoms with E-state index in [1.807, 2.05) is 0 Å². The molecule has 2 fully saturated rings. The van der Waals surface area contributed by atoms with Crippen molar-refractivity contribution in [1.29, 1.82) is 0 Å². The van der Waals surface area contributed by atoms with E-state index in [2.05, 4.69) is 41.0 Å². The number of hydrogen-bond donors (Lipinski definition) is 1. The molecule has 0 bridgehead atoms. The molecule has 1 aromatic rings. The van der Waals surface area contributed by atoms with Crippen molar-refractivity contribution < 1.29 is 0 Å². The van der Waals surface area contributed by atoms with E-state index in [1.54, 1.807) is 0 Å². The Morgan fingerprint density at radius 2 is 1.95 bits per heavy atom. The van der Waals surface area contributed by atoms with Gasteiger partial charge in [-0.3, -0.25) is 0 Å². The van der Waals surface area contributed by atoms with Crippen LogP contribution in [0.3, 0.4) is 0 Å². The Balaban J connectivity index is 1.57. The van der Waals surface area contributed by atoms with E-state index >= 15 is 0 Å². The first kappa shape index (κ1) is 14.1. The van der Waals surface area contributed by atoms with Gasteiger partial charge in [-0.15, -0.1) is 10.2 Å². The molecule has 0 spiro atoms. The highest BCUT2D eigenvalue weighted by Gasteiger charge is 2.27. The number of hydrogen-bond acceptors (Lipinski definition) is 3. The molecule has 4 nitrogen and oxygen atoms in total. The van der Waals surface area contributed by atoms with Crippen LogP contribution in [0.4, 0.5) is 0 Å². The Bertz CT molecular complexity index is 449. The van der Waals surface area contributed by atoms with Crippen molar-refractivity contribution in [3.8, 4) is 0 Å². The fourth-order valence-corrected chi connectivity index (χ4v) is 3.74. The molecule has 1 N–H and O–H groups in total. The fourth-order valence-electron chi connectivity index (χ4n) is 3.74. The summed E-state index contributed by atoms with van der Waals surface area (Å²) < 4.78 is 2.22. The fraction of sp³-hybridized carbons (Fsp3) is 0.875. The molecule has 0 radical (unpaired) electrons. The highest BCUT2D eigenvalue weighted by atomic mass is 15.3. The van der Waals surface area contributed by atoms with Crippen LogP contribution in [0.1, 0.15) is 69.9 Å². The molecule has 0 amide bonds. The van der Waals surface area contributed by atoms with Crippen LogP contribution in [0.15, 0.2) is 0 Å². The third-order valence-corrected chi connectivity index (χ3v) is 5.42. The van der Waals surface area contributed by atoms with Gasteiger partial charge < -0.3 is 9.88 Å². The molecule has 20 heavy (non-hydrogen) atoms. The maximum atomic E-state index is 4.41. The highest BCUT2D eigenvalue weighted by molar-refractivity contribution is 5.04. The van der Waals surface area contributed by atoms with E-state index in [-0.39, 0.29) is 0 Å². The first-order valence-corrected chi connectivity index (χ1v) is 8.26. The number of nitrogens with zero attached hydrogens (tertiary/aromatic N) is 3. The number of nitrogens with one attached hydrogen (secondary N) is 1. The topological polar surface area (TPSA) is 42.7 Å². The average Bonchev–Trinajstić information content (AvgIpc) is 2.69. The number of rotatable bonds is 4. The highest BCUT2D eigenvalue weighted by Crippen LogP contribution is 2.35. The Morgan fingerprint density at radius 3 is 2.60 bits per heavy atom. The summed E-state index contributed by atoms with van der Waals surface area (Å²) >= 11 is 0. The zero-order chi connectivity index (χ0) is 14.1. The normalized spacial score (nSPS) is 31.2. The lowest BCUT2D eigenvalue weighted by Gasteiger charge is -2.33. The van der Waals surface area contributed by atoms with E-state index < -0.39 is 0 Å². The zero-order valence-electron chi connectivity index (χ0n) is 13.1. The predicted octanol–water partition coefficient (Wildman–Crippen LogP) is 3.00. The van der Waals surface area contributed by atoms with Gasteiger partial charge in [0.05, 0.1) is 6.54 Å². The summed E-state index contributed by atoms with van der Waals surface area (Å²) in [7, 11) is 2.12. The molecule has 112 valence electrons. The van der Waals surface area contributed by atoms with Gasteiger partial charge in [0.15, 0.2) is 0 Å². The second-order valence-corrected chi connectivity index (χ2v) is 7.04. The van der Waals surface area contributed by atoms with Crippen molar-refractivity contribution in [2.45, 2.75) is 70.9 Å². The van der Waals surface area contributed by atoms with Gasteiger partial charge in [0.25, 0.3) is 0 Å². The second kappa shape index (κ2) is 5.84. The van der Waals surface area contributed by atoms with Crippen LogP contribution in [0, 0.1) is 11.8 Å². The lowest BCUT2D eigenvalue weighted by Crippen LogP contribution is -2.39. The van der Waals surface area contributed by atoms with Gasteiger partial charge in [0, 0.05) is 19.0 Å². The van der Waals surface area contributed by atoms with Crippen LogP contribution in [0.5, 0.6) is 0 Å². The van der Waals surface area contributed by atoms with Gasteiger partial charge in [-0.1, -0.05) is 20.3 Å². The third-order valence-electron chi connectivity index (χ3n) is 5.42. The lowest BCUT2D eigenvalue weighted by molar-refractivity contribution is 0.225. The standard InChI is InChI=1S/C16H28N4/c1-11-7-8-14(12(2)9-11)17-10-15-18-19-16(20(15)3)13-5-4-6-13/h11-14,17H,4-10H2,1-3H3/t11-,12+,14-/m1/s1. The molecule has 0 aliphatic heterocycles. The summed E-state index contributed by atoms with van der Waals surface area (Å²) in [6.07, 6.45) is 7.93. The summed E-state index contributed by atoms with van der Waals surface area (Å²) in [6.45, 7) is 5.61. The van der Waals surface area contributed by atoms with Crippen molar-refractivity contribution in [1.82, 2.24) is 20.1 Å². The van der Waals surface area contributed by atoms with Crippen LogP contribution < -0.4 is 5.32 Å². The smallest absolute Gasteiger partial charge is 0.146 e. The maximum absolute atomic E-state index is 4.41. The summed E-state index contributed by atoms with van der Waals surface area (Å²) in [6, 6.07) is 0.648. The average molecular weight is 276 g/mol. The molecule has 2 aliphatic rings. The zero-order valence-corrected chi connectivity index (χ0v) is 13.1. The van der Waals surface area contributed by atoms with E-state index in [9.17, 15) is 0 Å². The molecule has 1 aromatic heterocycles. The summed E-state index contributed by atoms with van der Waals surface area (Å²) in [4.78, 5) is 0. The second-order valence-electron chi connectivity index (χ2n) is 7.04. The van der Waals surface area contributed by atoms with Gasteiger partial charge >= 0.3 is 0 Å². The molecule has 3 rings (SSSR count). The van der Waals surface area contributed by atoms with Gasteiger partial charge in [-0.2, -0.15) is 0 Å². The lowest BCUT2D eigenvalue weighted by atomic mass is 9.80. The molecule has 1 heterocycles. The minimum atomic E-state index is 0.648. The predicted molar refractivity (Wildman–Crippen MR) is 80.4 cm³/mol. The van der Waals surface area contributed by atoms with Gasteiger partial charge in [0.1, 0.15) is 11.6 Å². The first-order valence-electron chi connectivity index (χ1n) is 8.26. The molecule has 2 saturated carbocycles.